The van der Waals surface area contributed by atoms with Crippen LogP contribution in [-0.4, -0.2) is 34.7 Å². The molecule has 8 heteroatoms. The first-order chi connectivity index (χ1) is 10.1. The molecular weight excluding hydrogens is 340 g/mol. The summed E-state index contributed by atoms with van der Waals surface area (Å²) in [4.78, 5) is 26.3. The highest BCUT2D eigenvalue weighted by molar-refractivity contribution is 9.10. The molecule has 7 nitrogen and oxygen atoms in total. The number of halogens is 1. The Labute approximate surface area is 127 Å². The van der Waals surface area contributed by atoms with Crippen molar-refractivity contribution in [1.82, 2.24) is 15.3 Å². The van der Waals surface area contributed by atoms with Gasteiger partial charge >= 0.3 is 6.03 Å². The first kappa shape index (κ1) is 13.5. The number of nitrogens with one attached hydrogen (secondary N) is 1. The van der Waals surface area contributed by atoms with Gasteiger partial charge in [-0.15, -0.1) is 0 Å². The maximum absolute atomic E-state index is 11.3. The largest absolute Gasteiger partial charge is 0.435 e. The summed E-state index contributed by atoms with van der Waals surface area (Å²) in [5, 5.41) is 6.98. The molecule has 0 unspecified atom stereocenters. The second-order valence-corrected chi connectivity index (χ2v) is 5.14. The highest BCUT2D eigenvalue weighted by atomic mass is 79.9. The van der Waals surface area contributed by atoms with Gasteiger partial charge in [-0.25, -0.2) is 14.8 Å². The van der Waals surface area contributed by atoms with E-state index in [0.717, 1.165) is 15.0 Å². The van der Waals surface area contributed by atoms with Gasteiger partial charge in [-0.3, -0.25) is 10.1 Å². The SMILES string of the molecule is O=C1CN(/N=C\c2ncc(-c3ccc(Br)cc3)o2)C(=O)N1. The summed E-state index contributed by atoms with van der Waals surface area (Å²) in [7, 11) is 0. The summed E-state index contributed by atoms with van der Waals surface area (Å²) in [6, 6.07) is 7.00. The Hall–Kier alpha value is -2.48. The van der Waals surface area contributed by atoms with Crippen LogP contribution in [0.15, 0.2) is 44.5 Å². The Balaban J connectivity index is 1.75. The number of carbonyl (C=O) groups excluding carboxylic acids is 2. The second kappa shape index (κ2) is 5.49. The molecule has 106 valence electrons. The lowest BCUT2D eigenvalue weighted by molar-refractivity contribution is -0.118. The normalized spacial score (nSPS) is 15.0. The molecule has 1 N–H and O–H groups in total. The molecule has 0 aliphatic carbocycles. The van der Waals surface area contributed by atoms with Gasteiger partial charge in [-0.2, -0.15) is 5.10 Å². The van der Waals surface area contributed by atoms with Gasteiger partial charge in [0.2, 0.25) is 11.8 Å². The van der Waals surface area contributed by atoms with Crippen LogP contribution < -0.4 is 5.32 Å². The van der Waals surface area contributed by atoms with E-state index in [2.05, 4.69) is 31.3 Å². The molecule has 1 aliphatic rings. The third-order valence-electron chi connectivity index (χ3n) is 2.73. The topological polar surface area (TPSA) is 87.8 Å². The number of oxazole rings is 1. The zero-order valence-corrected chi connectivity index (χ0v) is 12.2. The van der Waals surface area contributed by atoms with Crippen LogP contribution in [0.4, 0.5) is 4.79 Å². The third-order valence-corrected chi connectivity index (χ3v) is 3.26. The molecule has 1 aromatic carbocycles. The molecule has 1 fully saturated rings. The quantitative estimate of drug-likeness (QED) is 0.678. The average molecular weight is 349 g/mol. The van der Waals surface area contributed by atoms with E-state index in [1.165, 1.54) is 6.21 Å². The van der Waals surface area contributed by atoms with Gasteiger partial charge in [0.25, 0.3) is 0 Å². The van der Waals surface area contributed by atoms with E-state index in [-0.39, 0.29) is 18.3 Å². The van der Waals surface area contributed by atoms with Gasteiger partial charge in [0.1, 0.15) is 12.8 Å². The Kier molecular flexibility index (Phi) is 3.53. The molecule has 0 radical (unpaired) electrons. The van der Waals surface area contributed by atoms with Crippen molar-refractivity contribution in [1.29, 1.82) is 0 Å². The second-order valence-electron chi connectivity index (χ2n) is 4.23. The van der Waals surface area contributed by atoms with E-state index in [4.69, 9.17) is 4.42 Å². The number of rotatable bonds is 3. The Bertz CT molecular complexity index is 723. The highest BCUT2D eigenvalue weighted by Crippen LogP contribution is 2.22. The number of carbonyl (C=O) groups is 2. The maximum atomic E-state index is 11.3. The molecule has 0 spiro atoms. The van der Waals surface area contributed by atoms with Crippen molar-refractivity contribution in [2.45, 2.75) is 0 Å². The Morgan fingerprint density at radius 2 is 2.10 bits per heavy atom. The van der Waals surface area contributed by atoms with Crippen LogP contribution in [0.5, 0.6) is 0 Å². The van der Waals surface area contributed by atoms with E-state index in [1.54, 1.807) is 6.20 Å². The fourth-order valence-corrected chi connectivity index (χ4v) is 2.00. The first-order valence-corrected chi connectivity index (χ1v) is 6.78. The van der Waals surface area contributed by atoms with E-state index < -0.39 is 6.03 Å². The maximum Gasteiger partial charge on any atom is 0.344 e. The van der Waals surface area contributed by atoms with Gasteiger partial charge in [0.15, 0.2) is 5.76 Å². The van der Waals surface area contributed by atoms with Crippen LogP contribution in [0, 0.1) is 0 Å². The van der Waals surface area contributed by atoms with Crippen molar-refractivity contribution in [3.63, 3.8) is 0 Å². The van der Waals surface area contributed by atoms with Crippen LogP contribution in [-0.2, 0) is 4.79 Å². The molecule has 2 aromatic rings. The van der Waals surface area contributed by atoms with Crippen molar-refractivity contribution >= 4 is 34.1 Å². The van der Waals surface area contributed by atoms with Crippen LogP contribution >= 0.6 is 15.9 Å². The Morgan fingerprint density at radius 1 is 1.33 bits per heavy atom. The molecule has 0 atom stereocenters. The predicted molar refractivity (Wildman–Crippen MR) is 77.5 cm³/mol. The molecule has 1 aromatic heterocycles. The van der Waals surface area contributed by atoms with E-state index in [9.17, 15) is 9.59 Å². The smallest absolute Gasteiger partial charge is 0.344 e. The summed E-state index contributed by atoms with van der Waals surface area (Å²) in [5.74, 6) is 0.450. The number of nitrogens with zero attached hydrogens (tertiary/aromatic N) is 3. The van der Waals surface area contributed by atoms with Gasteiger partial charge in [0.05, 0.1) is 6.20 Å². The summed E-state index contributed by atoms with van der Waals surface area (Å²) in [5.41, 5.74) is 0.874. The van der Waals surface area contributed by atoms with Crippen molar-refractivity contribution in [3.05, 3.63) is 40.8 Å². The van der Waals surface area contributed by atoms with Crippen LogP contribution in [0.3, 0.4) is 0 Å². The first-order valence-electron chi connectivity index (χ1n) is 5.99. The fraction of sp³-hybridized carbons (Fsp3) is 0.0769. The molecule has 21 heavy (non-hydrogen) atoms. The number of amides is 3. The summed E-state index contributed by atoms with van der Waals surface area (Å²) < 4.78 is 6.48. The minimum absolute atomic E-state index is 0.102. The van der Waals surface area contributed by atoms with Gasteiger partial charge < -0.3 is 4.42 Å². The molecule has 2 heterocycles. The van der Waals surface area contributed by atoms with Crippen LogP contribution in [0.25, 0.3) is 11.3 Å². The molecule has 3 rings (SSSR count). The van der Waals surface area contributed by atoms with E-state index in [1.807, 2.05) is 24.3 Å². The minimum atomic E-state index is -0.559. The average Bonchev–Trinajstić information content (AvgIpc) is 3.04. The molecule has 1 aliphatic heterocycles. The number of hydrazone groups is 1. The van der Waals surface area contributed by atoms with Gasteiger partial charge in [-0.1, -0.05) is 28.1 Å². The van der Waals surface area contributed by atoms with E-state index >= 15 is 0 Å². The number of aromatic nitrogens is 1. The molecular formula is C13H9BrN4O3. The fourth-order valence-electron chi connectivity index (χ4n) is 1.74. The van der Waals surface area contributed by atoms with Gasteiger partial charge in [-0.05, 0) is 12.1 Å². The predicted octanol–water partition coefficient (Wildman–Crippen LogP) is 1.99. The van der Waals surface area contributed by atoms with Crippen molar-refractivity contribution in [3.8, 4) is 11.3 Å². The molecule has 0 bridgehead atoms. The molecule has 0 saturated carbocycles. The standard InChI is InChI=1S/C13H9BrN4O3/c14-9-3-1-8(2-4-9)10-5-15-12(21-10)6-16-18-7-11(19)17-13(18)20/h1-6H,7H2,(H,17,19,20)/b16-6-. The van der Waals surface area contributed by atoms with Crippen LogP contribution in [0.2, 0.25) is 0 Å². The van der Waals surface area contributed by atoms with Crippen molar-refractivity contribution in [2.24, 2.45) is 5.10 Å². The lowest BCUT2D eigenvalue weighted by atomic mass is 10.2. The summed E-state index contributed by atoms with van der Waals surface area (Å²) >= 11 is 3.36. The minimum Gasteiger partial charge on any atom is -0.435 e. The number of imide groups is 1. The zero-order valence-electron chi connectivity index (χ0n) is 10.6. The number of benzene rings is 1. The number of hydrogen-bond acceptors (Lipinski definition) is 5. The zero-order chi connectivity index (χ0) is 14.8. The lowest BCUT2D eigenvalue weighted by Crippen LogP contribution is -2.24. The Morgan fingerprint density at radius 3 is 2.76 bits per heavy atom. The third kappa shape index (κ3) is 3.00. The lowest BCUT2D eigenvalue weighted by Gasteiger charge is -2.02. The van der Waals surface area contributed by atoms with E-state index in [0.29, 0.717) is 5.76 Å². The van der Waals surface area contributed by atoms with Crippen molar-refractivity contribution in [2.75, 3.05) is 6.54 Å². The van der Waals surface area contributed by atoms with Crippen LogP contribution in [0.1, 0.15) is 5.89 Å². The summed E-state index contributed by atoms with van der Waals surface area (Å²) in [6.45, 7) is -0.102. The van der Waals surface area contributed by atoms with Gasteiger partial charge in [0, 0.05) is 10.0 Å². The number of urea groups is 1. The molecule has 3 amide bonds. The highest BCUT2D eigenvalue weighted by Gasteiger charge is 2.26. The van der Waals surface area contributed by atoms with Crippen molar-refractivity contribution < 1.29 is 14.0 Å². The summed E-state index contributed by atoms with van der Waals surface area (Å²) in [6.07, 6.45) is 2.86. The number of hydrogen-bond donors (Lipinski definition) is 1. The monoisotopic (exact) mass is 348 g/mol. The molecule has 1 saturated heterocycles.